The van der Waals surface area contributed by atoms with E-state index in [0.29, 0.717) is 37.4 Å². The Balaban J connectivity index is 1.61. The lowest BCUT2D eigenvalue weighted by atomic mass is 10.1. The third kappa shape index (κ3) is 6.57. The molecule has 138 valence electrons. The smallest absolute Gasteiger partial charge is 0.225 e. The number of carbonyl (C=O) groups is 2. The molecule has 6 heteroatoms. The zero-order valence-corrected chi connectivity index (χ0v) is 15.1. The lowest BCUT2D eigenvalue weighted by Gasteiger charge is -2.09. The lowest BCUT2D eigenvalue weighted by Crippen LogP contribution is -2.25. The summed E-state index contributed by atoms with van der Waals surface area (Å²) in [6.07, 6.45) is 0.340. The summed E-state index contributed by atoms with van der Waals surface area (Å²) in [5.74, 6) is 1.43. The number of carbonyl (C=O) groups excluding carboxylic acids is 2. The Morgan fingerprint density at radius 1 is 1.00 bits per heavy atom. The number of Topliss-reactive ketones (excluding diaryl/α,β-unsaturated/α-hetero) is 1. The van der Waals surface area contributed by atoms with Gasteiger partial charge in [0.2, 0.25) is 5.91 Å². The average molecular weight is 356 g/mol. The summed E-state index contributed by atoms with van der Waals surface area (Å²) in [7, 11) is 1.62. The van der Waals surface area contributed by atoms with Gasteiger partial charge in [-0.2, -0.15) is 0 Å². The van der Waals surface area contributed by atoms with Gasteiger partial charge in [0, 0.05) is 30.8 Å². The van der Waals surface area contributed by atoms with Crippen molar-refractivity contribution in [1.82, 2.24) is 5.32 Å². The van der Waals surface area contributed by atoms with Gasteiger partial charge >= 0.3 is 0 Å². The summed E-state index contributed by atoms with van der Waals surface area (Å²) in [6.45, 7) is 3.19. The van der Waals surface area contributed by atoms with Crippen LogP contribution in [-0.4, -0.2) is 38.5 Å². The number of methoxy groups -OCH3 is 1. The highest BCUT2D eigenvalue weighted by Crippen LogP contribution is 2.16. The maximum Gasteiger partial charge on any atom is 0.225 e. The van der Waals surface area contributed by atoms with Crippen molar-refractivity contribution < 1.29 is 19.1 Å². The molecule has 0 saturated heterocycles. The van der Waals surface area contributed by atoms with E-state index in [4.69, 9.17) is 9.47 Å². The molecule has 0 fully saturated rings. The molecule has 2 rings (SSSR count). The molecule has 0 unspecified atom stereocenters. The summed E-state index contributed by atoms with van der Waals surface area (Å²) in [5.41, 5.74) is 1.21. The molecule has 0 atom stereocenters. The zero-order chi connectivity index (χ0) is 18.8. The van der Waals surface area contributed by atoms with Gasteiger partial charge in [0.1, 0.15) is 18.1 Å². The third-order valence-corrected chi connectivity index (χ3v) is 3.69. The molecular weight excluding hydrogens is 332 g/mol. The van der Waals surface area contributed by atoms with Crippen molar-refractivity contribution in [3.8, 4) is 11.5 Å². The second-order valence-electron chi connectivity index (χ2n) is 5.71. The molecule has 2 N–H and O–H groups in total. The quantitative estimate of drug-likeness (QED) is 0.506. The summed E-state index contributed by atoms with van der Waals surface area (Å²) >= 11 is 0. The van der Waals surface area contributed by atoms with E-state index in [0.717, 1.165) is 11.5 Å². The monoisotopic (exact) mass is 356 g/mol. The van der Waals surface area contributed by atoms with Crippen molar-refractivity contribution >= 4 is 17.4 Å². The molecule has 6 nitrogen and oxygen atoms in total. The van der Waals surface area contributed by atoms with Gasteiger partial charge in [-0.3, -0.25) is 9.59 Å². The van der Waals surface area contributed by atoms with Crippen molar-refractivity contribution in [2.24, 2.45) is 0 Å². The van der Waals surface area contributed by atoms with Crippen LogP contribution >= 0.6 is 0 Å². The molecule has 0 aliphatic rings. The molecule has 0 radical (unpaired) electrons. The first-order valence-corrected chi connectivity index (χ1v) is 8.47. The Labute approximate surface area is 153 Å². The molecule has 0 bridgehead atoms. The number of nitrogens with one attached hydrogen (secondary N) is 2. The number of amides is 1. The Kier molecular flexibility index (Phi) is 7.64. The molecule has 0 spiro atoms. The van der Waals surface area contributed by atoms with Gasteiger partial charge in [0.05, 0.1) is 7.11 Å². The molecule has 2 aromatic rings. The van der Waals surface area contributed by atoms with Crippen LogP contribution in [0.1, 0.15) is 23.7 Å². The van der Waals surface area contributed by atoms with Crippen LogP contribution in [-0.2, 0) is 4.79 Å². The number of rotatable bonds is 10. The van der Waals surface area contributed by atoms with E-state index in [1.807, 2.05) is 24.3 Å². The van der Waals surface area contributed by atoms with Gasteiger partial charge in [0.25, 0.3) is 0 Å². The maximum atomic E-state index is 11.9. The number of benzene rings is 2. The van der Waals surface area contributed by atoms with Crippen LogP contribution in [0.3, 0.4) is 0 Å². The first kappa shape index (κ1) is 19.5. The van der Waals surface area contributed by atoms with Gasteiger partial charge in [-0.1, -0.05) is 12.1 Å². The van der Waals surface area contributed by atoms with Gasteiger partial charge in [-0.25, -0.2) is 0 Å². The first-order chi connectivity index (χ1) is 12.6. The summed E-state index contributed by atoms with van der Waals surface area (Å²) < 4.78 is 10.7. The highest BCUT2D eigenvalue weighted by molar-refractivity contribution is 5.97. The van der Waals surface area contributed by atoms with Gasteiger partial charge in [-0.15, -0.1) is 0 Å². The highest BCUT2D eigenvalue weighted by atomic mass is 16.5. The van der Waals surface area contributed by atoms with E-state index in [9.17, 15) is 9.59 Å². The molecule has 0 saturated carbocycles. The Bertz CT molecular complexity index is 729. The number of hydrogen-bond acceptors (Lipinski definition) is 5. The number of ether oxygens (including phenoxy) is 2. The normalized spacial score (nSPS) is 10.2. The fraction of sp³-hybridized carbons (Fsp3) is 0.300. The summed E-state index contributed by atoms with van der Waals surface area (Å²) in [6, 6.07) is 14.3. The predicted molar refractivity (Wildman–Crippen MR) is 101 cm³/mol. The predicted octanol–water partition coefficient (Wildman–Crippen LogP) is 2.90. The van der Waals surface area contributed by atoms with Gasteiger partial charge < -0.3 is 20.1 Å². The minimum atomic E-state index is -0.103. The fourth-order valence-electron chi connectivity index (χ4n) is 2.28. The molecule has 0 aliphatic carbocycles. The Morgan fingerprint density at radius 2 is 1.73 bits per heavy atom. The molecular formula is C20H24N2O4. The van der Waals surface area contributed by atoms with Crippen LogP contribution in [0.4, 0.5) is 5.69 Å². The van der Waals surface area contributed by atoms with Gasteiger partial charge in [-0.05, 0) is 43.3 Å². The van der Waals surface area contributed by atoms with Crippen molar-refractivity contribution in [2.45, 2.75) is 13.3 Å². The van der Waals surface area contributed by atoms with Crippen LogP contribution in [0.15, 0.2) is 48.5 Å². The molecule has 1 amide bonds. The van der Waals surface area contributed by atoms with E-state index in [2.05, 4.69) is 10.6 Å². The van der Waals surface area contributed by atoms with E-state index < -0.39 is 0 Å². The maximum absolute atomic E-state index is 11.9. The van der Waals surface area contributed by atoms with Crippen molar-refractivity contribution in [2.75, 3.05) is 32.1 Å². The van der Waals surface area contributed by atoms with Crippen molar-refractivity contribution in [3.63, 3.8) is 0 Å². The van der Waals surface area contributed by atoms with Crippen LogP contribution < -0.4 is 20.1 Å². The fourth-order valence-corrected chi connectivity index (χ4v) is 2.28. The van der Waals surface area contributed by atoms with E-state index in [1.54, 1.807) is 31.4 Å². The van der Waals surface area contributed by atoms with Crippen molar-refractivity contribution in [3.05, 3.63) is 54.1 Å². The standard InChI is InChI=1S/C20H24N2O4/c1-15(23)16-4-3-5-17(14-16)22-20(24)10-11-21-12-13-26-19-8-6-18(25-2)7-9-19/h3-9,14,21H,10-13H2,1-2H3,(H,22,24). The lowest BCUT2D eigenvalue weighted by molar-refractivity contribution is -0.116. The largest absolute Gasteiger partial charge is 0.497 e. The number of ketones is 1. The van der Waals surface area contributed by atoms with Crippen LogP contribution in [0.2, 0.25) is 0 Å². The molecule has 0 heterocycles. The minimum Gasteiger partial charge on any atom is -0.497 e. The SMILES string of the molecule is COc1ccc(OCCNCCC(=O)Nc2cccc(C(C)=O)c2)cc1. The van der Waals surface area contributed by atoms with Crippen LogP contribution in [0, 0.1) is 0 Å². The average Bonchev–Trinajstić information content (AvgIpc) is 2.65. The van der Waals surface area contributed by atoms with Crippen molar-refractivity contribution in [1.29, 1.82) is 0 Å². The molecule has 26 heavy (non-hydrogen) atoms. The van der Waals surface area contributed by atoms with E-state index in [-0.39, 0.29) is 11.7 Å². The minimum absolute atomic E-state index is 0.0281. The van der Waals surface area contributed by atoms with Gasteiger partial charge in [0.15, 0.2) is 5.78 Å². The number of anilines is 1. The van der Waals surface area contributed by atoms with Crippen LogP contribution in [0.25, 0.3) is 0 Å². The second kappa shape index (κ2) is 10.2. The van der Waals surface area contributed by atoms with E-state index >= 15 is 0 Å². The zero-order valence-electron chi connectivity index (χ0n) is 15.1. The third-order valence-electron chi connectivity index (χ3n) is 3.69. The van der Waals surface area contributed by atoms with E-state index in [1.165, 1.54) is 6.92 Å². The summed E-state index contributed by atoms with van der Waals surface area (Å²) in [5, 5.41) is 5.95. The topological polar surface area (TPSA) is 76.7 Å². The highest BCUT2D eigenvalue weighted by Gasteiger charge is 2.04. The summed E-state index contributed by atoms with van der Waals surface area (Å²) in [4.78, 5) is 23.3. The molecule has 0 aliphatic heterocycles. The Hall–Kier alpha value is -2.86. The molecule has 2 aromatic carbocycles. The second-order valence-corrected chi connectivity index (χ2v) is 5.71. The number of hydrogen-bond donors (Lipinski definition) is 2. The van der Waals surface area contributed by atoms with Crippen LogP contribution in [0.5, 0.6) is 11.5 Å². The molecule has 0 aromatic heterocycles. The Morgan fingerprint density at radius 3 is 2.42 bits per heavy atom. The first-order valence-electron chi connectivity index (χ1n) is 8.47.